The zero-order valence-corrected chi connectivity index (χ0v) is 29.9. The summed E-state index contributed by atoms with van der Waals surface area (Å²) in [5.74, 6) is -3.96. The molecule has 6 N–H and O–H groups in total. The van der Waals surface area contributed by atoms with Gasteiger partial charge in [0.25, 0.3) is 0 Å². The van der Waals surface area contributed by atoms with Crippen molar-refractivity contribution in [2.75, 3.05) is 58.2 Å². The summed E-state index contributed by atoms with van der Waals surface area (Å²) in [7, 11) is 0. The Morgan fingerprint density at radius 1 is 0.680 bits per heavy atom. The first-order valence-corrected chi connectivity index (χ1v) is 16.9. The van der Waals surface area contributed by atoms with Crippen molar-refractivity contribution in [1.29, 1.82) is 0 Å². The first-order valence-electron chi connectivity index (χ1n) is 16.9. The Hall–Kier alpha value is -4.12. The Kier molecular flexibility index (Phi) is 22.6. The van der Waals surface area contributed by atoms with E-state index < -0.39 is 54.1 Å². The van der Waals surface area contributed by atoms with Crippen LogP contribution in [-0.4, -0.2) is 106 Å². The minimum Gasteiger partial charge on any atom is -0.461 e. The minimum absolute atomic E-state index is 0.00697. The van der Waals surface area contributed by atoms with Crippen molar-refractivity contribution in [3.8, 4) is 0 Å². The zero-order valence-electron chi connectivity index (χ0n) is 29.9. The fourth-order valence-electron chi connectivity index (χ4n) is 3.90. The number of ether oxygens (including phenoxy) is 5. The number of benzene rings is 1. The van der Waals surface area contributed by atoms with Gasteiger partial charge < -0.3 is 50.7 Å². The van der Waals surface area contributed by atoms with E-state index in [4.69, 9.17) is 29.4 Å². The summed E-state index contributed by atoms with van der Waals surface area (Å²) in [6, 6.07) is 3.03. The molecule has 1 rings (SSSR count). The fraction of sp³-hybridized carbons (Fsp3) is 0.647. The van der Waals surface area contributed by atoms with Crippen molar-refractivity contribution in [2.24, 2.45) is 11.7 Å². The second-order valence-electron chi connectivity index (χ2n) is 11.8. The Labute approximate surface area is 294 Å². The molecule has 50 heavy (non-hydrogen) atoms. The highest BCUT2D eigenvalue weighted by Crippen LogP contribution is 2.12. The van der Waals surface area contributed by atoms with Gasteiger partial charge in [0.2, 0.25) is 29.5 Å². The standard InChI is InChI=1S/C34H55N5O11/c1-6-7-13-46-15-17-48-19-20-49-18-16-47-14-12-30(41)36-24(4)31(42)37-25(5)32(43)39-28(21-29(35)40)33(44)38-27-10-8-26(9-11-27)22-50-34(45)23(2)3/h8-11,23-25,28H,6-7,12-22H2,1-5H3,(H2,35,40)(H,36,41)(H,37,42)(H,38,44)(H,39,43). The highest BCUT2D eigenvalue weighted by atomic mass is 16.6. The lowest BCUT2D eigenvalue weighted by atomic mass is 10.1. The first-order chi connectivity index (χ1) is 23.8. The van der Waals surface area contributed by atoms with E-state index in [1.54, 1.807) is 38.1 Å². The predicted molar refractivity (Wildman–Crippen MR) is 183 cm³/mol. The van der Waals surface area contributed by atoms with Crippen molar-refractivity contribution in [1.82, 2.24) is 16.0 Å². The highest BCUT2D eigenvalue weighted by Gasteiger charge is 2.27. The third kappa shape index (κ3) is 20.4. The summed E-state index contributed by atoms with van der Waals surface area (Å²) in [6.07, 6.45) is 1.64. The third-order valence-electron chi connectivity index (χ3n) is 6.87. The quantitative estimate of drug-likeness (QED) is 0.0639. The van der Waals surface area contributed by atoms with E-state index in [0.717, 1.165) is 19.4 Å². The maximum Gasteiger partial charge on any atom is 0.308 e. The number of hydrogen-bond acceptors (Lipinski definition) is 11. The molecular formula is C34H55N5O11. The molecule has 1 aromatic carbocycles. The second-order valence-corrected chi connectivity index (χ2v) is 11.8. The molecule has 0 aliphatic rings. The van der Waals surface area contributed by atoms with Crippen LogP contribution in [0.3, 0.4) is 0 Å². The van der Waals surface area contributed by atoms with Crippen LogP contribution >= 0.6 is 0 Å². The van der Waals surface area contributed by atoms with Crippen LogP contribution in [0.1, 0.15) is 65.9 Å². The lowest BCUT2D eigenvalue weighted by Gasteiger charge is -2.22. The molecule has 3 atom stereocenters. The van der Waals surface area contributed by atoms with Crippen LogP contribution in [0.25, 0.3) is 0 Å². The normalized spacial score (nSPS) is 12.8. The van der Waals surface area contributed by atoms with Gasteiger partial charge in [0.05, 0.1) is 58.6 Å². The minimum atomic E-state index is -1.33. The van der Waals surface area contributed by atoms with Gasteiger partial charge in [-0.1, -0.05) is 39.3 Å². The SMILES string of the molecule is CCCCOCCOCCOCCOCCC(=O)NC(C)C(=O)NC(C)C(=O)NC(CC(N)=O)C(=O)Nc1ccc(COC(=O)C(C)C)cc1. The number of rotatable bonds is 27. The van der Waals surface area contributed by atoms with Crippen molar-refractivity contribution in [3.63, 3.8) is 0 Å². The maximum atomic E-state index is 12.9. The van der Waals surface area contributed by atoms with Gasteiger partial charge >= 0.3 is 5.97 Å². The highest BCUT2D eigenvalue weighted by molar-refractivity contribution is 6.00. The molecule has 0 saturated heterocycles. The van der Waals surface area contributed by atoms with E-state index in [9.17, 15) is 28.8 Å². The molecule has 1 aromatic rings. The van der Waals surface area contributed by atoms with Gasteiger partial charge in [-0.2, -0.15) is 0 Å². The summed E-state index contributed by atoms with van der Waals surface area (Å²) in [4.78, 5) is 73.9. The number of nitrogens with one attached hydrogen (secondary N) is 4. The molecule has 0 spiro atoms. The molecule has 0 radical (unpaired) electrons. The molecule has 5 amide bonds. The molecule has 0 aliphatic heterocycles. The van der Waals surface area contributed by atoms with E-state index in [1.807, 2.05) is 0 Å². The number of anilines is 1. The van der Waals surface area contributed by atoms with Gasteiger partial charge in [0, 0.05) is 18.7 Å². The monoisotopic (exact) mass is 709 g/mol. The van der Waals surface area contributed by atoms with Crippen molar-refractivity contribution in [3.05, 3.63) is 29.8 Å². The number of hydrogen-bond donors (Lipinski definition) is 5. The van der Waals surface area contributed by atoms with Gasteiger partial charge in [0.1, 0.15) is 24.7 Å². The van der Waals surface area contributed by atoms with Crippen LogP contribution in [0.15, 0.2) is 24.3 Å². The Morgan fingerprint density at radius 3 is 1.74 bits per heavy atom. The largest absolute Gasteiger partial charge is 0.461 e. The number of primary amides is 1. The average Bonchev–Trinajstić information content (AvgIpc) is 3.07. The molecule has 0 bridgehead atoms. The van der Waals surface area contributed by atoms with Crippen LogP contribution in [0.5, 0.6) is 0 Å². The molecule has 0 heterocycles. The number of esters is 1. The lowest BCUT2D eigenvalue weighted by Crippen LogP contribution is -2.55. The maximum absolute atomic E-state index is 12.9. The van der Waals surface area contributed by atoms with Crippen LogP contribution in [0, 0.1) is 5.92 Å². The summed E-state index contributed by atoms with van der Waals surface area (Å²) >= 11 is 0. The third-order valence-corrected chi connectivity index (χ3v) is 6.87. The van der Waals surface area contributed by atoms with Crippen LogP contribution in [-0.2, 0) is 59.1 Å². The number of carbonyl (C=O) groups is 6. The van der Waals surface area contributed by atoms with E-state index in [1.165, 1.54) is 13.8 Å². The number of amides is 5. The van der Waals surface area contributed by atoms with Gasteiger partial charge in [-0.15, -0.1) is 0 Å². The summed E-state index contributed by atoms with van der Waals surface area (Å²) in [5, 5.41) is 10.0. The van der Waals surface area contributed by atoms with Crippen molar-refractivity contribution >= 4 is 41.2 Å². The Bertz CT molecular complexity index is 1200. The predicted octanol–water partition coefficient (Wildman–Crippen LogP) is 0.951. The molecule has 282 valence electrons. The number of unbranched alkanes of at least 4 members (excludes halogenated alkanes) is 1. The molecule has 0 aliphatic carbocycles. The van der Waals surface area contributed by atoms with Crippen LogP contribution in [0.2, 0.25) is 0 Å². The van der Waals surface area contributed by atoms with Gasteiger partial charge in [-0.25, -0.2) is 0 Å². The molecule has 16 heteroatoms. The van der Waals surface area contributed by atoms with E-state index in [2.05, 4.69) is 28.2 Å². The lowest BCUT2D eigenvalue weighted by molar-refractivity contribution is -0.148. The molecular weight excluding hydrogens is 654 g/mol. The summed E-state index contributed by atoms with van der Waals surface area (Å²) in [6.45, 7) is 11.9. The van der Waals surface area contributed by atoms with E-state index in [0.29, 0.717) is 44.3 Å². The topological polar surface area (TPSA) is 223 Å². The first kappa shape index (κ1) is 43.9. The number of carbonyl (C=O) groups excluding carboxylic acids is 6. The molecule has 0 fully saturated rings. The molecule has 16 nitrogen and oxygen atoms in total. The van der Waals surface area contributed by atoms with Crippen LogP contribution in [0.4, 0.5) is 5.69 Å². The molecule has 0 saturated carbocycles. The average molecular weight is 710 g/mol. The summed E-state index contributed by atoms with van der Waals surface area (Å²) < 4.78 is 26.8. The van der Waals surface area contributed by atoms with Gasteiger partial charge in [0.15, 0.2) is 0 Å². The van der Waals surface area contributed by atoms with Crippen LogP contribution < -0.4 is 27.0 Å². The summed E-state index contributed by atoms with van der Waals surface area (Å²) in [5.41, 5.74) is 6.36. The van der Waals surface area contributed by atoms with E-state index >= 15 is 0 Å². The van der Waals surface area contributed by atoms with Crippen molar-refractivity contribution < 1.29 is 52.5 Å². The molecule has 0 aromatic heterocycles. The molecule has 3 unspecified atom stereocenters. The number of nitrogens with two attached hydrogens (primary N) is 1. The Balaban J connectivity index is 2.38. The van der Waals surface area contributed by atoms with Crippen molar-refractivity contribution in [2.45, 2.75) is 85.0 Å². The van der Waals surface area contributed by atoms with Gasteiger partial charge in [-0.3, -0.25) is 28.8 Å². The zero-order chi connectivity index (χ0) is 37.3. The smallest absolute Gasteiger partial charge is 0.308 e. The fourth-order valence-corrected chi connectivity index (χ4v) is 3.90. The Morgan fingerprint density at radius 2 is 1.20 bits per heavy atom. The van der Waals surface area contributed by atoms with E-state index in [-0.39, 0.29) is 38.1 Å². The van der Waals surface area contributed by atoms with Gasteiger partial charge in [-0.05, 0) is 38.0 Å². The second kappa shape index (κ2) is 25.8.